The Bertz CT molecular complexity index is 1310. The number of nitrogens with zero attached hydrogens (tertiary/aromatic N) is 3. The van der Waals surface area contributed by atoms with E-state index in [1.165, 1.54) is 6.07 Å². The molecule has 1 amide bonds. The predicted molar refractivity (Wildman–Crippen MR) is 125 cm³/mol. The van der Waals surface area contributed by atoms with Crippen LogP contribution in [0.15, 0.2) is 48.5 Å². The zero-order valence-corrected chi connectivity index (χ0v) is 18.6. The minimum atomic E-state index is -0.677. The van der Waals surface area contributed by atoms with E-state index in [1.54, 1.807) is 10.6 Å². The number of fused-ring (bicyclic) bond motifs is 1. The normalized spacial score (nSPS) is 11.3. The summed E-state index contributed by atoms with van der Waals surface area (Å²) in [6, 6.07) is 14.4. The van der Waals surface area contributed by atoms with Crippen LogP contribution in [0.3, 0.4) is 0 Å². The number of anilines is 1. The zero-order valence-electron chi connectivity index (χ0n) is 18.6. The van der Waals surface area contributed by atoms with Gasteiger partial charge in [-0.15, -0.1) is 0 Å². The van der Waals surface area contributed by atoms with Crippen molar-refractivity contribution >= 4 is 22.6 Å². The van der Waals surface area contributed by atoms with E-state index in [9.17, 15) is 9.18 Å². The van der Waals surface area contributed by atoms with Gasteiger partial charge in [-0.3, -0.25) is 9.36 Å². The summed E-state index contributed by atoms with van der Waals surface area (Å²) < 4.78 is 16.1. The molecule has 0 bridgehead atoms. The third kappa shape index (κ3) is 3.93. The highest BCUT2D eigenvalue weighted by Gasteiger charge is 2.20. The Labute approximate surface area is 186 Å². The fraction of sp³-hybridized carbons (Fsp3) is 0.240. The Morgan fingerprint density at radius 2 is 1.84 bits per heavy atom. The lowest BCUT2D eigenvalue weighted by Gasteiger charge is -2.18. The summed E-state index contributed by atoms with van der Waals surface area (Å²) in [6.45, 7) is 8.63. The van der Waals surface area contributed by atoms with E-state index in [0.29, 0.717) is 23.4 Å². The molecule has 3 N–H and O–H groups in total. The van der Waals surface area contributed by atoms with Gasteiger partial charge in [0.05, 0.1) is 11.1 Å². The third-order valence-corrected chi connectivity index (χ3v) is 5.54. The molecule has 0 spiro atoms. The van der Waals surface area contributed by atoms with Gasteiger partial charge in [-0.05, 0) is 43.5 Å². The van der Waals surface area contributed by atoms with Crippen molar-refractivity contribution in [1.29, 1.82) is 0 Å². The van der Waals surface area contributed by atoms with Crippen LogP contribution in [0.1, 0.15) is 52.6 Å². The Morgan fingerprint density at radius 3 is 2.50 bits per heavy atom. The fourth-order valence-corrected chi connectivity index (χ4v) is 4.15. The SMILES string of the molecule is Cc1nc(-n2c(C)cc3c(C(N)=O)cc(F)cc32)nc(NCc2ccccc2)c1C(C)C. The zero-order chi connectivity index (χ0) is 23.0. The summed E-state index contributed by atoms with van der Waals surface area (Å²) in [7, 11) is 0. The van der Waals surface area contributed by atoms with E-state index in [2.05, 4.69) is 31.3 Å². The molecule has 7 heteroatoms. The number of carbonyl (C=O) groups is 1. The molecule has 2 aromatic carbocycles. The number of nitrogens with two attached hydrogens (primary N) is 1. The summed E-state index contributed by atoms with van der Waals surface area (Å²) in [5, 5.41) is 4.02. The Hall–Kier alpha value is -3.74. The Morgan fingerprint density at radius 1 is 1.12 bits per heavy atom. The first-order valence-corrected chi connectivity index (χ1v) is 10.5. The molecular weight excluding hydrogens is 405 g/mol. The van der Waals surface area contributed by atoms with E-state index in [4.69, 9.17) is 15.7 Å². The van der Waals surface area contributed by atoms with Gasteiger partial charge >= 0.3 is 0 Å². The molecule has 4 aromatic rings. The van der Waals surface area contributed by atoms with Crippen molar-refractivity contribution in [3.05, 3.63) is 82.4 Å². The molecule has 6 nitrogen and oxygen atoms in total. The second-order valence-electron chi connectivity index (χ2n) is 8.24. The Kier molecular flexibility index (Phi) is 5.65. The van der Waals surface area contributed by atoms with Crippen molar-refractivity contribution in [2.24, 2.45) is 5.73 Å². The highest BCUT2D eigenvalue weighted by Crippen LogP contribution is 2.30. The molecule has 164 valence electrons. The number of hydrogen-bond acceptors (Lipinski definition) is 4. The van der Waals surface area contributed by atoms with Crippen LogP contribution < -0.4 is 11.1 Å². The van der Waals surface area contributed by atoms with E-state index in [1.807, 2.05) is 32.0 Å². The third-order valence-electron chi connectivity index (χ3n) is 5.54. The number of halogens is 1. The predicted octanol–water partition coefficient (Wildman–Crippen LogP) is 5.01. The van der Waals surface area contributed by atoms with Crippen molar-refractivity contribution in [3.8, 4) is 5.95 Å². The first-order chi connectivity index (χ1) is 15.3. The number of rotatable bonds is 6. The van der Waals surface area contributed by atoms with Crippen LogP contribution in [0.5, 0.6) is 0 Å². The standard InChI is InChI=1S/C25H26FN5O/c1-14(2)22-16(4)29-25(30-24(22)28-13-17-8-6-5-7-9-17)31-15(3)10-19-20(23(27)32)11-18(26)12-21(19)31/h5-12,14H,13H2,1-4H3,(H2,27,32)(H,28,29,30). The molecule has 0 radical (unpaired) electrons. The molecule has 0 saturated heterocycles. The maximum atomic E-state index is 14.3. The molecular formula is C25H26FN5O. The summed E-state index contributed by atoms with van der Waals surface area (Å²) in [6.07, 6.45) is 0. The number of carbonyl (C=O) groups excluding carboxylic acids is 1. The van der Waals surface area contributed by atoms with Crippen LogP contribution in [0.25, 0.3) is 16.9 Å². The number of benzene rings is 2. The maximum absolute atomic E-state index is 14.3. The van der Waals surface area contributed by atoms with Gasteiger partial charge in [-0.25, -0.2) is 9.37 Å². The first kappa shape index (κ1) is 21.5. The molecule has 0 unspecified atom stereocenters. The van der Waals surface area contributed by atoms with Gasteiger partial charge in [0.2, 0.25) is 11.9 Å². The highest BCUT2D eigenvalue weighted by molar-refractivity contribution is 6.06. The minimum absolute atomic E-state index is 0.139. The van der Waals surface area contributed by atoms with Gasteiger partial charge in [0.15, 0.2) is 0 Å². The van der Waals surface area contributed by atoms with Crippen molar-refractivity contribution in [3.63, 3.8) is 0 Å². The first-order valence-electron chi connectivity index (χ1n) is 10.5. The maximum Gasteiger partial charge on any atom is 0.249 e. The van der Waals surface area contributed by atoms with Crippen LogP contribution in [0.4, 0.5) is 10.2 Å². The molecule has 32 heavy (non-hydrogen) atoms. The molecule has 0 aliphatic rings. The van der Waals surface area contributed by atoms with E-state index in [0.717, 1.165) is 34.4 Å². The van der Waals surface area contributed by atoms with Crippen molar-refractivity contribution in [2.75, 3.05) is 5.32 Å². The van der Waals surface area contributed by atoms with Gasteiger partial charge in [-0.2, -0.15) is 4.98 Å². The average Bonchev–Trinajstić information content (AvgIpc) is 3.07. The lowest BCUT2D eigenvalue weighted by molar-refractivity contribution is 0.100. The van der Waals surface area contributed by atoms with Crippen LogP contribution in [0, 0.1) is 19.7 Å². The van der Waals surface area contributed by atoms with E-state index in [-0.39, 0.29) is 11.5 Å². The molecule has 0 atom stereocenters. The lowest BCUT2D eigenvalue weighted by Crippen LogP contribution is -2.14. The smallest absolute Gasteiger partial charge is 0.249 e. The monoisotopic (exact) mass is 431 g/mol. The highest BCUT2D eigenvalue weighted by atomic mass is 19.1. The largest absolute Gasteiger partial charge is 0.366 e. The summed E-state index contributed by atoms with van der Waals surface area (Å²) >= 11 is 0. The van der Waals surface area contributed by atoms with Crippen molar-refractivity contribution < 1.29 is 9.18 Å². The van der Waals surface area contributed by atoms with Gasteiger partial charge in [0.1, 0.15) is 11.6 Å². The minimum Gasteiger partial charge on any atom is -0.366 e. The molecule has 0 fully saturated rings. The van der Waals surface area contributed by atoms with Crippen molar-refractivity contribution in [2.45, 2.75) is 40.2 Å². The van der Waals surface area contributed by atoms with Crippen molar-refractivity contribution in [1.82, 2.24) is 14.5 Å². The van der Waals surface area contributed by atoms with Crippen LogP contribution >= 0.6 is 0 Å². The van der Waals surface area contributed by atoms with Gasteiger partial charge < -0.3 is 11.1 Å². The number of amides is 1. The lowest BCUT2D eigenvalue weighted by atomic mass is 10.0. The molecule has 2 heterocycles. The Balaban J connectivity index is 1.87. The average molecular weight is 432 g/mol. The molecule has 0 aliphatic carbocycles. The molecule has 0 aliphatic heterocycles. The second-order valence-corrected chi connectivity index (χ2v) is 8.24. The fourth-order valence-electron chi connectivity index (χ4n) is 4.15. The van der Waals surface area contributed by atoms with Gasteiger partial charge in [0.25, 0.3) is 0 Å². The number of aryl methyl sites for hydroxylation is 2. The molecule has 0 saturated carbocycles. The quantitative estimate of drug-likeness (QED) is 0.449. The van der Waals surface area contributed by atoms with Gasteiger partial charge in [-0.1, -0.05) is 44.2 Å². The number of primary amides is 1. The topological polar surface area (TPSA) is 85.8 Å². The summed E-state index contributed by atoms with van der Waals surface area (Å²) in [5.41, 5.74) is 9.91. The number of aromatic nitrogens is 3. The molecule has 2 aromatic heterocycles. The van der Waals surface area contributed by atoms with Crippen LogP contribution in [0.2, 0.25) is 0 Å². The summed E-state index contributed by atoms with van der Waals surface area (Å²) in [4.78, 5) is 21.4. The second kappa shape index (κ2) is 8.42. The van der Waals surface area contributed by atoms with E-state index < -0.39 is 11.7 Å². The summed E-state index contributed by atoms with van der Waals surface area (Å²) in [5.74, 6) is 0.145. The number of nitrogens with one attached hydrogen (secondary N) is 1. The van der Waals surface area contributed by atoms with Crippen LogP contribution in [-0.4, -0.2) is 20.4 Å². The van der Waals surface area contributed by atoms with E-state index >= 15 is 0 Å². The van der Waals surface area contributed by atoms with Crippen LogP contribution in [-0.2, 0) is 6.54 Å². The number of hydrogen-bond donors (Lipinski definition) is 2. The molecule has 4 rings (SSSR count). The van der Waals surface area contributed by atoms with Gasteiger partial charge in [0, 0.05) is 28.9 Å².